The molecule has 1 aliphatic carbocycles. The smallest absolute Gasteiger partial charge is 0.434 e. The van der Waals surface area contributed by atoms with Crippen molar-refractivity contribution in [1.82, 2.24) is 15.1 Å². The second-order valence-electron chi connectivity index (χ2n) is 6.52. The molecule has 0 radical (unpaired) electrons. The number of urea groups is 1. The van der Waals surface area contributed by atoms with Gasteiger partial charge in [-0.25, -0.2) is 9.59 Å². The predicted octanol–water partition coefficient (Wildman–Crippen LogP) is 3.47. The highest BCUT2D eigenvalue weighted by atomic mass is 16.5. The fourth-order valence-corrected chi connectivity index (χ4v) is 3.58. The van der Waals surface area contributed by atoms with Gasteiger partial charge < -0.3 is 20.1 Å². The minimum atomic E-state index is -0.588. The molecule has 1 aliphatic rings. The Morgan fingerprint density at radius 2 is 2.07 bits per heavy atom. The van der Waals surface area contributed by atoms with E-state index in [0.29, 0.717) is 16.6 Å². The topological polar surface area (TPSA) is 94.5 Å². The van der Waals surface area contributed by atoms with E-state index in [2.05, 4.69) is 15.7 Å². The molecule has 0 saturated heterocycles. The number of benzene rings is 2. The van der Waals surface area contributed by atoms with Gasteiger partial charge in [0.15, 0.2) is 0 Å². The van der Waals surface area contributed by atoms with Crippen LogP contribution in [-0.2, 0) is 11.2 Å². The van der Waals surface area contributed by atoms with Crippen LogP contribution in [0.3, 0.4) is 0 Å². The molecule has 2 amide bonds. The second kappa shape index (κ2) is 7.22. The average Bonchev–Trinajstić information content (AvgIpc) is 3.32. The van der Waals surface area contributed by atoms with Crippen LogP contribution in [0.5, 0.6) is 5.75 Å². The molecule has 1 aromatic heterocycles. The fourth-order valence-electron chi connectivity index (χ4n) is 3.58. The fraction of sp³-hybridized carbons (Fsp3) is 0.250. The van der Waals surface area contributed by atoms with Gasteiger partial charge >= 0.3 is 12.1 Å². The van der Waals surface area contributed by atoms with Gasteiger partial charge in [-0.15, -0.1) is 0 Å². The number of hydrogen-bond acceptors (Lipinski definition) is 5. The van der Waals surface area contributed by atoms with Crippen LogP contribution in [0, 0.1) is 0 Å². The number of aromatic nitrogens is 2. The second-order valence-corrected chi connectivity index (χ2v) is 6.52. The van der Waals surface area contributed by atoms with Crippen LogP contribution in [0.1, 0.15) is 23.6 Å². The maximum absolute atomic E-state index is 12.6. The van der Waals surface area contributed by atoms with Gasteiger partial charge in [-0.3, -0.25) is 0 Å². The van der Waals surface area contributed by atoms with Crippen molar-refractivity contribution in [2.24, 2.45) is 0 Å². The number of nitrogens with one attached hydrogen (secondary N) is 2. The molecule has 144 valence electrons. The van der Waals surface area contributed by atoms with Crippen molar-refractivity contribution >= 4 is 28.7 Å². The monoisotopic (exact) mass is 380 g/mol. The van der Waals surface area contributed by atoms with Gasteiger partial charge in [0.05, 0.1) is 37.7 Å². The molecule has 1 unspecified atom stereocenters. The number of carbonyl (C=O) groups excluding carboxylic acids is 2. The third-order valence-corrected chi connectivity index (χ3v) is 4.94. The molecule has 1 atom stereocenters. The molecule has 8 heteroatoms. The molecule has 4 rings (SSSR count). The first-order chi connectivity index (χ1) is 13.6. The molecule has 2 N–H and O–H groups in total. The molecular formula is C20H20N4O4. The standard InChI is InChI=1S/C20H20N4O4/c1-27-13-7-8-14-12(10-13)6-9-17(14)23-19(25)22-16-4-3-5-18-15(16)11-21-24(18)20(26)28-2/h3-5,7-8,10-11,17H,6,9H2,1-2H3,(H2,22,23,25). The highest BCUT2D eigenvalue weighted by Gasteiger charge is 2.24. The maximum Gasteiger partial charge on any atom is 0.434 e. The zero-order valence-electron chi connectivity index (χ0n) is 15.6. The Bertz CT molecular complexity index is 1060. The first-order valence-electron chi connectivity index (χ1n) is 8.90. The molecule has 2 aromatic carbocycles. The summed E-state index contributed by atoms with van der Waals surface area (Å²) in [6.07, 6.45) is 2.66. The first kappa shape index (κ1) is 17.8. The lowest BCUT2D eigenvalue weighted by atomic mass is 10.1. The van der Waals surface area contributed by atoms with Crippen LogP contribution >= 0.6 is 0 Å². The number of ether oxygens (including phenoxy) is 2. The van der Waals surface area contributed by atoms with E-state index in [4.69, 9.17) is 9.47 Å². The highest BCUT2D eigenvalue weighted by Crippen LogP contribution is 2.33. The summed E-state index contributed by atoms with van der Waals surface area (Å²) in [4.78, 5) is 24.4. The molecule has 0 saturated carbocycles. The van der Waals surface area contributed by atoms with E-state index < -0.39 is 6.09 Å². The van der Waals surface area contributed by atoms with E-state index in [9.17, 15) is 9.59 Å². The summed E-state index contributed by atoms with van der Waals surface area (Å²) in [7, 11) is 2.93. The summed E-state index contributed by atoms with van der Waals surface area (Å²) in [6, 6.07) is 10.8. The van der Waals surface area contributed by atoms with Gasteiger partial charge in [0, 0.05) is 5.39 Å². The van der Waals surface area contributed by atoms with Crippen molar-refractivity contribution in [3.63, 3.8) is 0 Å². The van der Waals surface area contributed by atoms with Crippen molar-refractivity contribution in [2.75, 3.05) is 19.5 Å². The normalized spacial score (nSPS) is 15.1. The molecule has 1 heterocycles. The largest absolute Gasteiger partial charge is 0.497 e. The van der Waals surface area contributed by atoms with E-state index in [1.165, 1.54) is 18.9 Å². The Balaban J connectivity index is 1.51. The summed E-state index contributed by atoms with van der Waals surface area (Å²) < 4.78 is 11.1. The highest BCUT2D eigenvalue weighted by molar-refractivity contribution is 6.02. The third kappa shape index (κ3) is 3.13. The van der Waals surface area contributed by atoms with Gasteiger partial charge in [0.2, 0.25) is 0 Å². The van der Waals surface area contributed by atoms with Crippen LogP contribution in [0.25, 0.3) is 10.9 Å². The molecule has 0 fully saturated rings. The van der Waals surface area contributed by atoms with Gasteiger partial charge in [-0.05, 0) is 48.2 Å². The maximum atomic E-state index is 12.6. The number of methoxy groups -OCH3 is 2. The van der Waals surface area contributed by atoms with Crippen molar-refractivity contribution in [3.05, 3.63) is 53.7 Å². The zero-order chi connectivity index (χ0) is 19.7. The predicted molar refractivity (Wildman–Crippen MR) is 104 cm³/mol. The van der Waals surface area contributed by atoms with Gasteiger partial charge in [-0.1, -0.05) is 12.1 Å². The molecule has 0 bridgehead atoms. The lowest BCUT2D eigenvalue weighted by Crippen LogP contribution is -2.31. The summed E-state index contributed by atoms with van der Waals surface area (Å²) >= 11 is 0. The Hall–Kier alpha value is -3.55. The van der Waals surface area contributed by atoms with E-state index in [1.807, 2.05) is 18.2 Å². The molecule has 0 aliphatic heterocycles. The van der Waals surface area contributed by atoms with Crippen molar-refractivity contribution in [2.45, 2.75) is 18.9 Å². The number of hydrogen-bond donors (Lipinski definition) is 2. The van der Waals surface area contributed by atoms with Crippen LogP contribution < -0.4 is 15.4 Å². The van der Waals surface area contributed by atoms with Gasteiger partial charge in [0.25, 0.3) is 0 Å². The number of aryl methyl sites for hydroxylation is 1. The summed E-state index contributed by atoms with van der Waals surface area (Å²) in [5.41, 5.74) is 3.42. The van der Waals surface area contributed by atoms with Crippen LogP contribution in [0.2, 0.25) is 0 Å². The number of amides is 2. The molecule has 28 heavy (non-hydrogen) atoms. The van der Waals surface area contributed by atoms with Gasteiger partial charge in [-0.2, -0.15) is 9.78 Å². The van der Waals surface area contributed by atoms with Crippen LogP contribution in [0.4, 0.5) is 15.3 Å². The van der Waals surface area contributed by atoms with Crippen LogP contribution in [-0.4, -0.2) is 36.1 Å². The summed E-state index contributed by atoms with van der Waals surface area (Å²) in [6.45, 7) is 0. The van der Waals surface area contributed by atoms with E-state index >= 15 is 0 Å². The Morgan fingerprint density at radius 3 is 2.86 bits per heavy atom. The minimum absolute atomic E-state index is 0.0575. The lowest BCUT2D eigenvalue weighted by molar-refractivity contribution is 0.170. The number of anilines is 1. The number of nitrogens with zero attached hydrogens (tertiary/aromatic N) is 2. The van der Waals surface area contributed by atoms with Crippen LogP contribution in [0.15, 0.2) is 42.6 Å². The van der Waals surface area contributed by atoms with Gasteiger partial charge in [0.1, 0.15) is 5.75 Å². The molecular weight excluding hydrogens is 360 g/mol. The first-order valence-corrected chi connectivity index (χ1v) is 8.90. The quantitative estimate of drug-likeness (QED) is 0.726. The molecule has 0 spiro atoms. The van der Waals surface area contributed by atoms with E-state index in [-0.39, 0.29) is 12.1 Å². The minimum Gasteiger partial charge on any atom is -0.497 e. The zero-order valence-corrected chi connectivity index (χ0v) is 15.6. The lowest BCUT2D eigenvalue weighted by Gasteiger charge is -2.15. The summed E-state index contributed by atoms with van der Waals surface area (Å²) in [5, 5.41) is 10.6. The SMILES string of the molecule is COC(=O)n1ncc2c(NC(=O)NC3CCc4cc(OC)ccc43)cccc21. The molecule has 3 aromatic rings. The summed E-state index contributed by atoms with van der Waals surface area (Å²) in [5.74, 6) is 0.818. The van der Waals surface area contributed by atoms with E-state index in [0.717, 1.165) is 28.8 Å². The van der Waals surface area contributed by atoms with Crippen molar-refractivity contribution in [3.8, 4) is 5.75 Å². The Labute approximate surface area is 161 Å². The average molecular weight is 380 g/mol. The number of fused-ring (bicyclic) bond motifs is 2. The third-order valence-electron chi connectivity index (χ3n) is 4.94. The Morgan fingerprint density at radius 1 is 1.21 bits per heavy atom. The Kier molecular flexibility index (Phi) is 4.60. The number of carbonyl (C=O) groups is 2. The van der Waals surface area contributed by atoms with E-state index in [1.54, 1.807) is 25.3 Å². The van der Waals surface area contributed by atoms with Crippen molar-refractivity contribution < 1.29 is 19.1 Å². The van der Waals surface area contributed by atoms with Crippen molar-refractivity contribution in [1.29, 1.82) is 0 Å². The molecule has 8 nitrogen and oxygen atoms in total. The number of rotatable bonds is 3.